The first-order chi connectivity index (χ1) is 8.20. The van der Waals surface area contributed by atoms with Crippen LogP contribution in [0.1, 0.15) is 5.56 Å². The van der Waals surface area contributed by atoms with Crippen LogP contribution in [-0.4, -0.2) is 32.9 Å². The summed E-state index contributed by atoms with van der Waals surface area (Å²) >= 11 is 0. The molecule has 0 aromatic heterocycles. The molecule has 2 rings (SSSR count). The fraction of sp³-hybridized carbons (Fsp3) is 0.500. The lowest BCUT2D eigenvalue weighted by molar-refractivity contribution is 0.0287. The SMILES string of the molecule is COc1cc(F)c(C[C@@H]2CNCCO2)cc1F. The van der Waals surface area contributed by atoms with Crippen molar-refractivity contribution in [2.24, 2.45) is 0 Å². The summed E-state index contributed by atoms with van der Waals surface area (Å²) in [6, 6.07) is 2.24. The quantitative estimate of drug-likeness (QED) is 0.872. The summed E-state index contributed by atoms with van der Waals surface area (Å²) in [4.78, 5) is 0. The largest absolute Gasteiger partial charge is 0.494 e. The van der Waals surface area contributed by atoms with E-state index in [0.717, 1.165) is 12.6 Å². The van der Waals surface area contributed by atoms with Crippen molar-refractivity contribution in [1.82, 2.24) is 5.32 Å². The van der Waals surface area contributed by atoms with Gasteiger partial charge in [0.05, 0.1) is 19.8 Å². The van der Waals surface area contributed by atoms with E-state index in [1.807, 2.05) is 0 Å². The maximum absolute atomic E-state index is 13.6. The third-order valence-electron chi connectivity index (χ3n) is 2.77. The van der Waals surface area contributed by atoms with Gasteiger partial charge in [-0.3, -0.25) is 0 Å². The van der Waals surface area contributed by atoms with Crippen LogP contribution in [0.4, 0.5) is 8.78 Å². The first-order valence-electron chi connectivity index (χ1n) is 5.55. The number of nitrogens with one attached hydrogen (secondary N) is 1. The van der Waals surface area contributed by atoms with Gasteiger partial charge in [-0.2, -0.15) is 0 Å². The number of ether oxygens (including phenoxy) is 2. The zero-order valence-electron chi connectivity index (χ0n) is 9.63. The van der Waals surface area contributed by atoms with Gasteiger partial charge in [-0.15, -0.1) is 0 Å². The van der Waals surface area contributed by atoms with Gasteiger partial charge >= 0.3 is 0 Å². The number of morpholine rings is 1. The van der Waals surface area contributed by atoms with Gasteiger partial charge in [-0.05, 0) is 11.6 Å². The smallest absolute Gasteiger partial charge is 0.165 e. The first kappa shape index (κ1) is 12.3. The zero-order valence-corrected chi connectivity index (χ0v) is 9.63. The number of rotatable bonds is 3. The molecule has 1 saturated heterocycles. The van der Waals surface area contributed by atoms with Crippen LogP contribution in [-0.2, 0) is 11.2 Å². The van der Waals surface area contributed by atoms with Crippen molar-refractivity contribution < 1.29 is 18.3 Å². The number of benzene rings is 1. The second-order valence-corrected chi connectivity index (χ2v) is 3.98. The molecule has 0 bridgehead atoms. The topological polar surface area (TPSA) is 30.5 Å². The van der Waals surface area contributed by atoms with E-state index in [1.54, 1.807) is 0 Å². The van der Waals surface area contributed by atoms with Gasteiger partial charge in [0.25, 0.3) is 0 Å². The highest BCUT2D eigenvalue weighted by molar-refractivity contribution is 5.31. The van der Waals surface area contributed by atoms with Crippen LogP contribution in [0.3, 0.4) is 0 Å². The first-order valence-corrected chi connectivity index (χ1v) is 5.55. The molecule has 0 radical (unpaired) electrons. The summed E-state index contributed by atoms with van der Waals surface area (Å²) in [5.41, 5.74) is 0.317. The molecule has 1 aliphatic rings. The fourth-order valence-electron chi connectivity index (χ4n) is 1.88. The Balaban J connectivity index is 2.12. The molecule has 17 heavy (non-hydrogen) atoms. The molecule has 1 atom stereocenters. The Hall–Kier alpha value is -1.20. The Morgan fingerprint density at radius 3 is 2.88 bits per heavy atom. The second kappa shape index (κ2) is 5.42. The average molecular weight is 243 g/mol. The molecule has 1 aromatic rings. The predicted octanol–water partition coefficient (Wildman–Crippen LogP) is 1.50. The van der Waals surface area contributed by atoms with Crippen LogP contribution in [0.5, 0.6) is 5.75 Å². The standard InChI is InChI=1S/C12H15F2NO2/c1-16-12-6-10(13)8(5-11(12)14)4-9-7-15-2-3-17-9/h5-6,9,15H,2-4,7H2,1H3/t9-/m1/s1. The van der Waals surface area contributed by atoms with Crippen LogP contribution >= 0.6 is 0 Å². The number of hydrogen-bond donors (Lipinski definition) is 1. The summed E-state index contributed by atoms with van der Waals surface area (Å²) in [6.07, 6.45) is 0.255. The van der Waals surface area contributed by atoms with Crippen molar-refractivity contribution in [1.29, 1.82) is 0 Å². The van der Waals surface area contributed by atoms with Crippen LogP contribution in [0.25, 0.3) is 0 Å². The molecule has 3 nitrogen and oxygen atoms in total. The Morgan fingerprint density at radius 1 is 1.41 bits per heavy atom. The Labute approximate surface area is 98.7 Å². The molecule has 1 fully saturated rings. The lowest BCUT2D eigenvalue weighted by Gasteiger charge is -2.23. The highest BCUT2D eigenvalue weighted by Crippen LogP contribution is 2.22. The molecule has 0 saturated carbocycles. The van der Waals surface area contributed by atoms with E-state index in [4.69, 9.17) is 9.47 Å². The third-order valence-corrected chi connectivity index (χ3v) is 2.77. The van der Waals surface area contributed by atoms with Crippen molar-refractivity contribution in [3.8, 4) is 5.75 Å². The van der Waals surface area contributed by atoms with Crippen molar-refractivity contribution >= 4 is 0 Å². The predicted molar refractivity (Wildman–Crippen MR) is 59.2 cm³/mol. The van der Waals surface area contributed by atoms with Crippen molar-refractivity contribution in [3.63, 3.8) is 0 Å². The summed E-state index contributed by atoms with van der Waals surface area (Å²) in [7, 11) is 1.31. The summed E-state index contributed by atoms with van der Waals surface area (Å²) in [6.45, 7) is 2.06. The molecule has 1 N–H and O–H groups in total. The molecule has 0 unspecified atom stereocenters. The minimum atomic E-state index is -0.548. The normalized spacial score (nSPS) is 20.3. The molecule has 1 aromatic carbocycles. The molecule has 5 heteroatoms. The second-order valence-electron chi connectivity index (χ2n) is 3.98. The van der Waals surface area contributed by atoms with Gasteiger partial charge in [0.15, 0.2) is 11.6 Å². The van der Waals surface area contributed by atoms with Crippen LogP contribution < -0.4 is 10.1 Å². The Morgan fingerprint density at radius 2 is 2.24 bits per heavy atom. The van der Waals surface area contributed by atoms with Gasteiger partial charge in [-0.25, -0.2) is 8.78 Å². The molecular weight excluding hydrogens is 228 g/mol. The number of methoxy groups -OCH3 is 1. The number of halogens is 2. The van der Waals surface area contributed by atoms with E-state index < -0.39 is 11.6 Å². The summed E-state index contributed by atoms with van der Waals surface area (Å²) in [5, 5.41) is 3.15. The lowest BCUT2D eigenvalue weighted by atomic mass is 10.1. The molecule has 0 spiro atoms. The maximum Gasteiger partial charge on any atom is 0.165 e. The minimum absolute atomic E-state index is 0.0751. The highest BCUT2D eigenvalue weighted by Gasteiger charge is 2.18. The van der Waals surface area contributed by atoms with Gasteiger partial charge < -0.3 is 14.8 Å². The summed E-state index contributed by atoms with van der Waals surface area (Å²) in [5.74, 6) is -1.08. The zero-order chi connectivity index (χ0) is 12.3. The number of hydrogen-bond acceptors (Lipinski definition) is 3. The van der Waals surface area contributed by atoms with E-state index in [2.05, 4.69) is 5.32 Å². The van der Waals surface area contributed by atoms with Crippen LogP contribution in [0.2, 0.25) is 0 Å². The van der Waals surface area contributed by atoms with E-state index in [1.165, 1.54) is 13.2 Å². The fourth-order valence-corrected chi connectivity index (χ4v) is 1.88. The lowest BCUT2D eigenvalue weighted by Crippen LogP contribution is -2.39. The van der Waals surface area contributed by atoms with Crippen LogP contribution in [0, 0.1) is 11.6 Å². The molecule has 0 aliphatic carbocycles. The molecule has 94 valence electrons. The van der Waals surface area contributed by atoms with Gasteiger partial charge in [-0.1, -0.05) is 0 Å². The molecular formula is C12H15F2NO2. The van der Waals surface area contributed by atoms with E-state index in [0.29, 0.717) is 25.1 Å². The monoisotopic (exact) mass is 243 g/mol. The van der Waals surface area contributed by atoms with Crippen molar-refractivity contribution in [2.45, 2.75) is 12.5 Å². The van der Waals surface area contributed by atoms with Gasteiger partial charge in [0.1, 0.15) is 5.82 Å². The van der Waals surface area contributed by atoms with E-state index >= 15 is 0 Å². The van der Waals surface area contributed by atoms with Gasteiger partial charge in [0, 0.05) is 25.6 Å². The van der Waals surface area contributed by atoms with E-state index in [9.17, 15) is 8.78 Å². The average Bonchev–Trinajstić information content (AvgIpc) is 2.34. The molecule has 1 heterocycles. The summed E-state index contributed by atoms with van der Waals surface area (Å²) < 4.78 is 37.2. The maximum atomic E-state index is 13.6. The van der Waals surface area contributed by atoms with Crippen LogP contribution in [0.15, 0.2) is 12.1 Å². The van der Waals surface area contributed by atoms with Gasteiger partial charge in [0.2, 0.25) is 0 Å². The third kappa shape index (κ3) is 2.92. The Bertz CT molecular complexity index is 392. The van der Waals surface area contributed by atoms with Crippen molar-refractivity contribution in [2.75, 3.05) is 26.8 Å². The van der Waals surface area contributed by atoms with E-state index in [-0.39, 0.29) is 11.9 Å². The highest BCUT2D eigenvalue weighted by atomic mass is 19.1. The molecule has 1 aliphatic heterocycles. The Kier molecular flexibility index (Phi) is 3.91. The molecule has 0 amide bonds. The minimum Gasteiger partial charge on any atom is -0.494 e. The van der Waals surface area contributed by atoms with Crippen molar-refractivity contribution in [3.05, 3.63) is 29.3 Å².